The number of hydrogen-bond acceptors (Lipinski definition) is 3. The van der Waals surface area contributed by atoms with Gasteiger partial charge in [-0.2, -0.15) is 0 Å². The number of amides is 1. The Balaban J connectivity index is 2.02. The standard InChI is InChI=1S/C17H27N3O/c1-4-19(5-2)14-9-11-20(12-10-14)17(21)15-8-6-7-13(3)16(15)18/h6-8,14H,4-5,9-12,18H2,1-3H3. The Morgan fingerprint density at radius 2 is 1.90 bits per heavy atom. The van der Waals surface area contributed by atoms with E-state index in [1.54, 1.807) is 0 Å². The number of nitrogens with two attached hydrogens (primary N) is 1. The van der Waals surface area contributed by atoms with Crippen LogP contribution in [0.25, 0.3) is 0 Å². The van der Waals surface area contributed by atoms with Crippen molar-refractivity contribution in [2.24, 2.45) is 0 Å². The maximum Gasteiger partial charge on any atom is 0.255 e. The zero-order valence-corrected chi connectivity index (χ0v) is 13.4. The molecule has 2 rings (SSSR count). The summed E-state index contributed by atoms with van der Waals surface area (Å²) in [5.74, 6) is 0.0780. The summed E-state index contributed by atoms with van der Waals surface area (Å²) in [4.78, 5) is 17.1. The molecule has 21 heavy (non-hydrogen) atoms. The summed E-state index contributed by atoms with van der Waals surface area (Å²) >= 11 is 0. The van der Waals surface area contributed by atoms with E-state index in [2.05, 4.69) is 18.7 Å². The van der Waals surface area contributed by atoms with Crippen molar-refractivity contribution < 1.29 is 4.79 Å². The third kappa shape index (κ3) is 3.38. The lowest BCUT2D eigenvalue weighted by molar-refractivity contribution is 0.0632. The smallest absolute Gasteiger partial charge is 0.255 e. The van der Waals surface area contributed by atoms with Gasteiger partial charge in [-0.1, -0.05) is 26.0 Å². The van der Waals surface area contributed by atoms with Gasteiger partial charge in [-0.3, -0.25) is 4.79 Å². The molecule has 1 heterocycles. The quantitative estimate of drug-likeness (QED) is 0.867. The number of piperidine rings is 1. The normalized spacial score (nSPS) is 16.5. The van der Waals surface area contributed by atoms with Crippen LogP contribution in [-0.4, -0.2) is 47.9 Å². The number of nitrogens with zero attached hydrogens (tertiary/aromatic N) is 2. The topological polar surface area (TPSA) is 49.6 Å². The van der Waals surface area contributed by atoms with Crippen LogP contribution in [0.4, 0.5) is 5.69 Å². The van der Waals surface area contributed by atoms with Gasteiger partial charge in [0.05, 0.1) is 5.56 Å². The van der Waals surface area contributed by atoms with Gasteiger partial charge in [0.1, 0.15) is 0 Å². The highest BCUT2D eigenvalue weighted by molar-refractivity contribution is 5.99. The highest BCUT2D eigenvalue weighted by atomic mass is 16.2. The molecule has 1 aromatic carbocycles. The van der Waals surface area contributed by atoms with Gasteiger partial charge in [0.25, 0.3) is 5.91 Å². The third-order valence-corrected chi connectivity index (χ3v) is 4.63. The summed E-state index contributed by atoms with van der Waals surface area (Å²) in [7, 11) is 0. The molecule has 0 unspecified atom stereocenters. The van der Waals surface area contributed by atoms with Crippen LogP contribution < -0.4 is 5.73 Å². The number of nitrogen functional groups attached to an aromatic ring is 1. The van der Waals surface area contributed by atoms with Crippen molar-refractivity contribution in [2.75, 3.05) is 31.9 Å². The first-order valence-corrected chi connectivity index (χ1v) is 7.96. The van der Waals surface area contributed by atoms with Crippen molar-refractivity contribution in [1.29, 1.82) is 0 Å². The monoisotopic (exact) mass is 289 g/mol. The molecule has 1 aliphatic heterocycles. The number of aryl methyl sites for hydroxylation is 1. The summed E-state index contributed by atoms with van der Waals surface area (Å²) in [6, 6.07) is 6.29. The molecule has 0 atom stereocenters. The summed E-state index contributed by atoms with van der Waals surface area (Å²) in [5, 5.41) is 0. The van der Waals surface area contributed by atoms with E-state index in [-0.39, 0.29) is 5.91 Å². The zero-order valence-electron chi connectivity index (χ0n) is 13.4. The number of carbonyl (C=O) groups excluding carboxylic acids is 1. The SMILES string of the molecule is CCN(CC)C1CCN(C(=O)c2cccc(C)c2N)CC1. The molecular weight excluding hydrogens is 262 g/mol. The molecule has 0 aromatic heterocycles. The van der Waals surface area contributed by atoms with Gasteiger partial charge >= 0.3 is 0 Å². The van der Waals surface area contributed by atoms with E-state index in [1.807, 2.05) is 30.0 Å². The van der Waals surface area contributed by atoms with Gasteiger partial charge < -0.3 is 15.5 Å². The molecule has 1 aliphatic rings. The largest absolute Gasteiger partial charge is 0.398 e. The second kappa shape index (κ2) is 6.94. The van der Waals surface area contributed by atoms with Crippen molar-refractivity contribution in [1.82, 2.24) is 9.80 Å². The summed E-state index contributed by atoms with van der Waals surface area (Å²) in [6.07, 6.45) is 2.11. The molecule has 1 saturated heterocycles. The Hall–Kier alpha value is -1.55. The minimum atomic E-state index is 0.0780. The fraction of sp³-hybridized carbons (Fsp3) is 0.588. The van der Waals surface area contributed by atoms with E-state index < -0.39 is 0 Å². The highest BCUT2D eigenvalue weighted by Gasteiger charge is 2.27. The van der Waals surface area contributed by atoms with Crippen LogP contribution in [0.2, 0.25) is 0 Å². The minimum absolute atomic E-state index is 0.0780. The third-order valence-electron chi connectivity index (χ3n) is 4.63. The van der Waals surface area contributed by atoms with Gasteiger partial charge in [0.15, 0.2) is 0 Å². The number of hydrogen-bond donors (Lipinski definition) is 1. The van der Waals surface area contributed by atoms with Gasteiger partial charge in [-0.15, -0.1) is 0 Å². The number of carbonyl (C=O) groups is 1. The molecule has 2 N–H and O–H groups in total. The number of rotatable bonds is 4. The van der Waals surface area contributed by atoms with Gasteiger partial charge in [0, 0.05) is 24.8 Å². The summed E-state index contributed by atoms with van der Waals surface area (Å²) < 4.78 is 0. The van der Waals surface area contributed by atoms with Crippen LogP contribution in [-0.2, 0) is 0 Å². The maximum atomic E-state index is 12.6. The van der Waals surface area contributed by atoms with Crippen molar-refractivity contribution in [3.8, 4) is 0 Å². The molecule has 1 aromatic rings. The van der Waals surface area contributed by atoms with Gasteiger partial charge in [-0.05, 0) is 44.5 Å². The summed E-state index contributed by atoms with van der Waals surface area (Å²) in [6.45, 7) is 10.2. The van der Waals surface area contributed by atoms with Crippen molar-refractivity contribution in [3.05, 3.63) is 29.3 Å². The second-order valence-corrected chi connectivity index (χ2v) is 5.78. The van der Waals surface area contributed by atoms with E-state index in [9.17, 15) is 4.79 Å². The average Bonchev–Trinajstić information content (AvgIpc) is 2.51. The lowest BCUT2D eigenvalue weighted by Gasteiger charge is -2.37. The zero-order chi connectivity index (χ0) is 15.4. The first kappa shape index (κ1) is 15.8. The maximum absolute atomic E-state index is 12.6. The van der Waals surface area contributed by atoms with E-state index in [1.165, 1.54) is 0 Å². The molecule has 0 saturated carbocycles. The van der Waals surface area contributed by atoms with Crippen LogP contribution in [0.1, 0.15) is 42.6 Å². The van der Waals surface area contributed by atoms with E-state index in [0.29, 0.717) is 17.3 Å². The first-order valence-electron chi connectivity index (χ1n) is 7.96. The fourth-order valence-corrected chi connectivity index (χ4v) is 3.21. The molecule has 1 fully saturated rings. The van der Waals surface area contributed by atoms with Crippen LogP contribution in [0.5, 0.6) is 0 Å². The molecule has 0 radical (unpaired) electrons. The van der Waals surface area contributed by atoms with E-state index in [0.717, 1.165) is 44.6 Å². The Morgan fingerprint density at radius 1 is 1.29 bits per heavy atom. The molecule has 0 spiro atoms. The van der Waals surface area contributed by atoms with E-state index in [4.69, 9.17) is 5.73 Å². The summed E-state index contributed by atoms with van der Waals surface area (Å²) in [5.41, 5.74) is 8.29. The molecular formula is C17H27N3O. The Labute approximate surface area is 127 Å². The fourth-order valence-electron chi connectivity index (χ4n) is 3.21. The van der Waals surface area contributed by atoms with Gasteiger partial charge in [0.2, 0.25) is 0 Å². The highest BCUT2D eigenvalue weighted by Crippen LogP contribution is 2.22. The second-order valence-electron chi connectivity index (χ2n) is 5.78. The number of benzene rings is 1. The molecule has 0 bridgehead atoms. The lowest BCUT2D eigenvalue weighted by Crippen LogP contribution is -2.46. The van der Waals surface area contributed by atoms with Crippen molar-refractivity contribution in [2.45, 2.75) is 39.7 Å². The Bertz CT molecular complexity index is 489. The van der Waals surface area contributed by atoms with Crippen molar-refractivity contribution >= 4 is 11.6 Å². The first-order chi connectivity index (χ1) is 10.1. The number of para-hydroxylation sites is 1. The van der Waals surface area contributed by atoms with Gasteiger partial charge in [-0.25, -0.2) is 0 Å². The molecule has 1 amide bonds. The molecule has 116 valence electrons. The van der Waals surface area contributed by atoms with Crippen LogP contribution in [0, 0.1) is 6.92 Å². The number of likely N-dealkylation sites (tertiary alicyclic amines) is 1. The van der Waals surface area contributed by atoms with Crippen molar-refractivity contribution in [3.63, 3.8) is 0 Å². The minimum Gasteiger partial charge on any atom is -0.398 e. The van der Waals surface area contributed by atoms with Crippen LogP contribution >= 0.6 is 0 Å². The van der Waals surface area contributed by atoms with Crippen LogP contribution in [0.15, 0.2) is 18.2 Å². The Morgan fingerprint density at radius 3 is 2.48 bits per heavy atom. The lowest BCUT2D eigenvalue weighted by atomic mass is 10.0. The van der Waals surface area contributed by atoms with Crippen LogP contribution in [0.3, 0.4) is 0 Å². The predicted octanol–water partition coefficient (Wildman–Crippen LogP) is 2.52. The van der Waals surface area contributed by atoms with E-state index >= 15 is 0 Å². The Kier molecular flexibility index (Phi) is 5.23. The number of anilines is 1. The molecule has 4 heteroatoms. The average molecular weight is 289 g/mol. The molecule has 0 aliphatic carbocycles. The molecule has 4 nitrogen and oxygen atoms in total. The predicted molar refractivity (Wildman–Crippen MR) is 87.4 cm³/mol.